The van der Waals surface area contributed by atoms with Crippen LogP contribution in [0.25, 0.3) is 0 Å². The standard InChI is InChI=1S/C26H38N8O/c1-32-10-9-22(31-32)18-5-7-21(8-6-18)28-25-16-23(29-26(30-25)34-11-13-35-14-12-34)19-3-4-20-17-27-33(2)24(20)15-19/h9-10,16-21,24H,3-8,11-15H2,1-2H3,(H,28,29,30). The first-order valence-electron chi connectivity index (χ1n) is 13.4. The lowest BCUT2D eigenvalue weighted by Gasteiger charge is -2.35. The summed E-state index contributed by atoms with van der Waals surface area (Å²) in [4.78, 5) is 12.4. The van der Waals surface area contributed by atoms with Crippen molar-refractivity contribution in [3.05, 3.63) is 29.7 Å². The van der Waals surface area contributed by atoms with Gasteiger partial charge in [-0.15, -0.1) is 0 Å². The molecule has 2 aliphatic heterocycles. The molecule has 4 aliphatic rings. The highest BCUT2D eigenvalue weighted by Gasteiger charge is 2.37. The topological polar surface area (TPSA) is 83.7 Å². The van der Waals surface area contributed by atoms with E-state index in [9.17, 15) is 0 Å². The van der Waals surface area contributed by atoms with E-state index in [0.29, 0.717) is 29.8 Å². The van der Waals surface area contributed by atoms with Crippen molar-refractivity contribution >= 4 is 18.0 Å². The maximum atomic E-state index is 5.59. The van der Waals surface area contributed by atoms with Crippen LogP contribution in [0, 0.1) is 5.92 Å². The summed E-state index contributed by atoms with van der Waals surface area (Å²) in [5, 5.41) is 15.2. The van der Waals surface area contributed by atoms with E-state index in [0.717, 1.165) is 63.8 Å². The molecule has 9 nitrogen and oxygen atoms in total. The Hall–Kier alpha value is -2.68. The molecule has 1 saturated heterocycles. The van der Waals surface area contributed by atoms with Crippen LogP contribution in [0.4, 0.5) is 11.8 Å². The van der Waals surface area contributed by atoms with Crippen LogP contribution in [-0.4, -0.2) is 76.4 Å². The molecule has 0 radical (unpaired) electrons. The molecule has 0 aromatic carbocycles. The Morgan fingerprint density at radius 2 is 1.74 bits per heavy atom. The second kappa shape index (κ2) is 9.76. The summed E-state index contributed by atoms with van der Waals surface area (Å²) in [6.45, 7) is 3.18. The average Bonchev–Trinajstić information content (AvgIpc) is 3.50. The van der Waals surface area contributed by atoms with Crippen molar-refractivity contribution in [3.8, 4) is 0 Å². The minimum absolute atomic E-state index is 0.445. The number of aromatic nitrogens is 4. The number of anilines is 2. The first kappa shape index (κ1) is 22.8. The van der Waals surface area contributed by atoms with E-state index in [2.05, 4.69) is 57.0 Å². The summed E-state index contributed by atoms with van der Waals surface area (Å²) >= 11 is 0. The van der Waals surface area contributed by atoms with Gasteiger partial charge in [0.05, 0.1) is 30.6 Å². The zero-order chi connectivity index (χ0) is 23.8. The number of fused-ring (bicyclic) bond motifs is 1. The Kier molecular flexibility index (Phi) is 6.35. The van der Waals surface area contributed by atoms with Gasteiger partial charge in [0, 0.05) is 69.5 Å². The highest BCUT2D eigenvalue weighted by molar-refractivity contribution is 5.64. The molecule has 0 spiro atoms. The summed E-state index contributed by atoms with van der Waals surface area (Å²) in [5.41, 5.74) is 2.42. The average molecular weight is 479 g/mol. The number of rotatable bonds is 5. The second-order valence-electron chi connectivity index (χ2n) is 10.8. The van der Waals surface area contributed by atoms with Crippen LogP contribution in [0.5, 0.6) is 0 Å². The van der Waals surface area contributed by atoms with Crippen molar-refractivity contribution in [2.75, 3.05) is 43.6 Å². The Bertz CT molecular complexity index is 1040. The normalized spacial score (nSPS) is 31.0. The van der Waals surface area contributed by atoms with Crippen LogP contribution >= 0.6 is 0 Å². The molecule has 3 unspecified atom stereocenters. The predicted octanol–water partition coefficient (Wildman–Crippen LogP) is 3.37. The van der Waals surface area contributed by atoms with Gasteiger partial charge in [0.25, 0.3) is 0 Å². The van der Waals surface area contributed by atoms with Crippen LogP contribution < -0.4 is 10.2 Å². The fourth-order valence-corrected chi connectivity index (χ4v) is 6.35. The van der Waals surface area contributed by atoms with E-state index < -0.39 is 0 Å². The van der Waals surface area contributed by atoms with Gasteiger partial charge in [-0.25, -0.2) is 4.98 Å². The maximum Gasteiger partial charge on any atom is 0.227 e. The molecule has 2 aliphatic carbocycles. The maximum absolute atomic E-state index is 5.59. The molecule has 3 fully saturated rings. The molecule has 2 aromatic heterocycles. The number of hydrogen-bond acceptors (Lipinski definition) is 8. The fourth-order valence-electron chi connectivity index (χ4n) is 6.35. The number of nitrogens with one attached hydrogen (secondary N) is 1. The van der Waals surface area contributed by atoms with Crippen molar-refractivity contribution in [1.82, 2.24) is 24.8 Å². The molecular formula is C26H38N8O. The van der Waals surface area contributed by atoms with E-state index in [4.69, 9.17) is 14.7 Å². The minimum atomic E-state index is 0.445. The predicted molar refractivity (Wildman–Crippen MR) is 137 cm³/mol. The third kappa shape index (κ3) is 4.87. The van der Waals surface area contributed by atoms with Gasteiger partial charge in [-0.3, -0.25) is 9.69 Å². The molecule has 9 heteroatoms. The summed E-state index contributed by atoms with van der Waals surface area (Å²) in [7, 11) is 4.11. The van der Waals surface area contributed by atoms with Crippen LogP contribution in [0.1, 0.15) is 68.2 Å². The SMILES string of the molecule is CN1N=CC2CCC(c3cc(NC4CCC(c5ccn(C)n5)CC4)nc(N4CCOCC4)n3)CC21. The highest BCUT2D eigenvalue weighted by Crippen LogP contribution is 2.40. The number of hydrazone groups is 1. The molecule has 2 saturated carbocycles. The van der Waals surface area contributed by atoms with Crippen LogP contribution in [0.15, 0.2) is 23.4 Å². The first-order valence-corrected chi connectivity index (χ1v) is 13.4. The number of morpholine rings is 1. The number of ether oxygens (including phenoxy) is 1. The molecule has 1 N–H and O–H groups in total. The van der Waals surface area contributed by atoms with Crippen molar-refractivity contribution in [3.63, 3.8) is 0 Å². The number of nitrogens with zero attached hydrogens (tertiary/aromatic N) is 7. The molecule has 6 rings (SSSR count). The molecule has 3 atom stereocenters. The van der Waals surface area contributed by atoms with Gasteiger partial charge in [-0.05, 0) is 51.0 Å². The third-order valence-electron chi connectivity index (χ3n) is 8.47. The van der Waals surface area contributed by atoms with Gasteiger partial charge < -0.3 is 15.0 Å². The summed E-state index contributed by atoms with van der Waals surface area (Å²) in [6.07, 6.45) is 12.3. The van der Waals surface area contributed by atoms with Gasteiger partial charge in [-0.2, -0.15) is 15.2 Å². The van der Waals surface area contributed by atoms with Gasteiger partial charge in [0.15, 0.2) is 0 Å². The lowest BCUT2D eigenvalue weighted by Crippen LogP contribution is -2.38. The Morgan fingerprint density at radius 1 is 0.943 bits per heavy atom. The van der Waals surface area contributed by atoms with Crippen LogP contribution in [0.3, 0.4) is 0 Å². The monoisotopic (exact) mass is 478 g/mol. The molecule has 0 bridgehead atoms. The van der Waals surface area contributed by atoms with Crippen LogP contribution in [0.2, 0.25) is 0 Å². The van der Waals surface area contributed by atoms with Crippen molar-refractivity contribution in [2.45, 2.75) is 68.9 Å². The lowest BCUT2D eigenvalue weighted by atomic mass is 9.77. The zero-order valence-electron chi connectivity index (χ0n) is 21.0. The van der Waals surface area contributed by atoms with Crippen molar-refractivity contribution in [2.24, 2.45) is 18.1 Å². The van der Waals surface area contributed by atoms with Gasteiger partial charge in [0.2, 0.25) is 5.95 Å². The molecule has 0 amide bonds. The molecule has 4 heterocycles. The summed E-state index contributed by atoms with van der Waals surface area (Å²) in [5.74, 6) is 3.44. The van der Waals surface area contributed by atoms with E-state index in [1.807, 2.05) is 11.7 Å². The van der Waals surface area contributed by atoms with E-state index in [-0.39, 0.29) is 0 Å². The number of hydrogen-bond donors (Lipinski definition) is 1. The molecular weight excluding hydrogens is 440 g/mol. The Morgan fingerprint density at radius 3 is 2.51 bits per heavy atom. The van der Waals surface area contributed by atoms with Gasteiger partial charge >= 0.3 is 0 Å². The van der Waals surface area contributed by atoms with Crippen molar-refractivity contribution in [1.29, 1.82) is 0 Å². The molecule has 188 valence electrons. The molecule has 35 heavy (non-hydrogen) atoms. The largest absolute Gasteiger partial charge is 0.378 e. The Balaban J connectivity index is 1.18. The zero-order valence-corrected chi connectivity index (χ0v) is 21.0. The van der Waals surface area contributed by atoms with Gasteiger partial charge in [0.1, 0.15) is 5.82 Å². The van der Waals surface area contributed by atoms with Crippen LogP contribution in [-0.2, 0) is 11.8 Å². The molecule has 2 aromatic rings. The third-order valence-corrected chi connectivity index (χ3v) is 8.47. The lowest BCUT2D eigenvalue weighted by molar-refractivity contribution is 0.122. The fraction of sp³-hybridized carbons (Fsp3) is 0.692. The Labute approximate surface area is 207 Å². The van der Waals surface area contributed by atoms with E-state index >= 15 is 0 Å². The summed E-state index contributed by atoms with van der Waals surface area (Å²) in [6, 6.07) is 5.34. The van der Waals surface area contributed by atoms with E-state index in [1.165, 1.54) is 30.7 Å². The van der Waals surface area contributed by atoms with E-state index in [1.54, 1.807) is 0 Å². The van der Waals surface area contributed by atoms with Crippen molar-refractivity contribution < 1.29 is 4.74 Å². The first-order chi connectivity index (χ1) is 17.1. The second-order valence-corrected chi connectivity index (χ2v) is 10.8. The number of aryl methyl sites for hydroxylation is 1. The summed E-state index contributed by atoms with van der Waals surface area (Å²) < 4.78 is 7.50. The van der Waals surface area contributed by atoms with Gasteiger partial charge in [-0.1, -0.05) is 0 Å². The minimum Gasteiger partial charge on any atom is -0.378 e. The smallest absolute Gasteiger partial charge is 0.227 e. The highest BCUT2D eigenvalue weighted by atomic mass is 16.5. The quantitative estimate of drug-likeness (QED) is 0.705.